The molecule has 1 aromatic carbocycles. The van der Waals surface area contributed by atoms with Gasteiger partial charge in [-0.2, -0.15) is 5.26 Å². The number of hydrogen-bond acceptors (Lipinski definition) is 3. The highest BCUT2D eigenvalue weighted by molar-refractivity contribution is 5.97. The van der Waals surface area contributed by atoms with Crippen molar-refractivity contribution in [2.45, 2.75) is 32.6 Å². The molecule has 0 aliphatic rings. The highest BCUT2D eigenvalue weighted by atomic mass is 16.1. The van der Waals surface area contributed by atoms with Crippen LogP contribution in [0.1, 0.15) is 31.7 Å². The van der Waals surface area contributed by atoms with Crippen LogP contribution in [-0.2, 0) is 11.2 Å². The van der Waals surface area contributed by atoms with E-state index in [-0.39, 0.29) is 11.5 Å². The molecular weight excluding hydrogens is 262 g/mol. The molecule has 0 aromatic heterocycles. The van der Waals surface area contributed by atoms with Crippen molar-refractivity contribution in [2.24, 2.45) is 0 Å². The Hall–Kier alpha value is -2.28. The van der Waals surface area contributed by atoms with E-state index in [4.69, 9.17) is 5.26 Å². The molecule has 0 bridgehead atoms. The van der Waals surface area contributed by atoms with Crippen LogP contribution in [0.5, 0.6) is 0 Å². The molecule has 1 rings (SSSR count). The Morgan fingerprint density at radius 3 is 2.67 bits per heavy atom. The number of nitrogens with zero attached hydrogens (tertiary/aromatic N) is 1. The summed E-state index contributed by atoms with van der Waals surface area (Å²) in [6.45, 7) is 3.45. The number of hydrogen-bond donors (Lipinski definition) is 2. The number of benzene rings is 1. The zero-order chi connectivity index (χ0) is 15.3. The average molecular weight is 285 g/mol. The van der Waals surface area contributed by atoms with Crippen LogP contribution in [0.25, 0.3) is 0 Å². The summed E-state index contributed by atoms with van der Waals surface area (Å²) in [5.41, 5.74) is 1.29. The third-order valence-electron chi connectivity index (χ3n) is 3.08. The maximum Gasteiger partial charge on any atom is 0.263 e. The highest BCUT2D eigenvalue weighted by Gasteiger charge is 2.07. The number of unbranched alkanes of at least 4 members (excludes halogenated alkanes) is 2. The summed E-state index contributed by atoms with van der Waals surface area (Å²) < 4.78 is 0. The molecule has 4 heteroatoms. The second-order valence-corrected chi connectivity index (χ2v) is 4.82. The van der Waals surface area contributed by atoms with E-state index in [0.717, 1.165) is 37.8 Å². The van der Waals surface area contributed by atoms with E-state index in [2.05, 4.69) is 17.6 Å². The van der Waals surface area contributed by atoms with Crippen LogP contribution in [0.15, 0.2) is 42.1 Å². The molecule has 21 heavy (non-hydrogen) atoms. The van der Waals surface area contributed by atoms with Gasteiger partial charge in [-0.25, -0.2) is 0 Å². The average Bonchev–Trinajstić information content (AvgIpc) is 2.52. The zero-order valence-corrected chi connectivity index (χ0v) is 12.6. The van der Waals surface area contributed by atoms with Gasteiger partial charge in [-0.15, -0.1) is 0 Å². The maximum absolute atomic E-state index is 11.8. The monoisotopic (exact) mass is 285 g/mol. The van der Waals surface area contributed by atoms with Gasteiger partial charge in [0.2, 0.25) is 0 Å². The van der Waals surface area contributed by atoms with Gasteiger partial charge in [0.25, 0.3) is 5.91 Å². The van der Waals surface area contributed by atoms with Crippen molar-refractivity contribution < 1.29 is 4.79 Å². The van der Waals surface area contributed by atoms with Gasteiger partial charge in [0, 0.05) is 19.3 Å². The Bertz CT molecular complexity index is 489. The lowest BCUT2D eigenvalue weighted by molar-refractivity contribution is -0.117. The molecule has 112 valence electrons. The Morgan fingerprint density at radius 2 is 2.00 bits per heavy atom. The number of nitrogens with one attached hydrogen (secondary N) is 2. The van der Waals surface area contributed by atoms with Crippen LogP contribution in [0, 0.1) is 11.3 Å². The lowest BCUT2D eigenvalue weighted by atomic mass is 10.1. The van der Waals surface area contributed by atoms with E-state index in [9.17, 15) is 4.79 Å². The molecule has 0 fully saturated rings. The van der Waals surface area contributed by atoms with E-state index in [0.29, 0.717) is 6.54 Å². The number of carbonyl (C=O) groups excluding carboxylic acids is 1. The van der Waals surface area contributed by atoms with Gasteiger partial charge in [0.05, 0.1) is 0 Å². The quantitative estimate of drug-likeness (QED) is 0.416. The van der Waals surface area contributed by atoms with Gasteiger partial charge in [0.1, 0.15) is 11.6 Å². The summed E-state index contributed by atoms with van der Waals surface area (Å²) in [5.74, 6) is -0.323. The molecule has 0 heterocycles. The molecule has 1 amide bonds. The Balaban J connectivity index is 2.31. The van der Waals surface area contributed by atoms with Crippen LogP contribution >= 0.6 is 0 Å². The van der Waals surface area contributed by atoms with Gasteiger partial charge >= 0.3 is 0 Å². The minimum atomic E-state index is -0.323. The lowest BCUT2D eigenvalue weighted by Gasteiger charge is -2.05. The van der Waals surface area contributed by atoms with Crippen molar-refractivity contribution in [3.63, 3.8) is 0 Å². The second kappa shape index (κ2) is 10.5. The number of rotatable bonds is 9. The molecule has 0 spiro atoms. The normalized spacial score (nSPS) is 10.8. The van der Waals surface area contributed by atoms with E-state index in [1.807, 2.05) is 36.4 Å². The first-order valence-electron chi connectivity index (χ1n) is 7.43. The predicted molar refractivity (Wildman–Crippen MR) is 84.4 cm³/mol. The van der Waals surface area contributed by atoms with E-state index >= 15 is 0 Å². The van der Waals surface area contributed by atoms with Crippen molar-refractivity contribution in [3.8, 4) is 6.07 Å². The summed E-state index contributed by atoms with van der Waals surface area (Å²) in [6, 6.07) is 11.9. The van der Waals surface area contributed by atoms with Gasteiger partial charge in [-0.3, -0.25) is 4.79 Å². The molecule has 0 aliphatic carbocycles. The first-order valence-corrected chi connectivity index (χ1v) is 7.43. The third-order valence-corrected chi connectivity index (χ3v) is 3.08. The van der Waals surface area contributed by atoms with Crippen molar-refractivity contribution >= 4 is 5.91 Å². The van der Waals surface area contributed by atoms with Gasteiger partial charge < -0.3 is 10.6 Å². The fourth-order valence-corrected chi connectivity index (χ4v) is 1.86. The third kappa shape index (κ3) is 7.17. The van der Waals surface area contributed by atoms with Crippen LogP contribution < -0.4 is 10.6 Å². The summed E-state index contributed by atoms with van der Waals surface area (Å²) >= 11 is 0. The number of amides is 1. The van der Waals surface area contributed by atoms with Crippen molar-refractivity contribution in [1.82, 2.24) is 10.6 Å². The standard InChI is InChI=1S/C17H23N3O/c1-2-3-7-11-19-14-16(13-18)17(21)20-12-10-15-8-5-4-6-9-15/h4-6,8-9,14,19H,2-3,7,10-12H2,1H3,(H,20,21)/b16-14-. The fraction of sp³-hybridized carbons (Fsp3) is 0.412. The molecule has 0 saturated heterocycles. The molecule has 0 saturated carbocycles. The van der Waals surface area contributed by atoms with Crippen LogP contribution in [0.3, 0.4) is 0 Å². The Kier molecular flexibility index (Phi) is 8.39. The molecule has 0 aliphatic heterocycles. The van der Waals surface area contributed by atoms with Crippen LogP contribution in [0.4, 0.5) is 0 Å². The van der Waals surface area contributed by atoms with Crippen molar-refractivity contribution in [3.05, 3.63) is 47.7 Å². The Morgan fingerprint density at radius 1 is 1.24 bits per heavy atom. The SMILES string of the molecule is CCCCCN/C=C(/C#N)C(=O)NCCc1ccccc1. The van der Waals surface area contributed by atoms with Crippen LogP contribution in [0.2, 0.25) is 0 Å². The van der Waals surface area contributed by atoms with E-state index < -0.39 is 0 Å². The number of nitriles is 1. The molecule has 0 unspecified atom stereocenters. The molecule has 0 atom stereocenters. The molecule has 4 nitrogen and oxygen atoms in total. The molecule has 2 N–H and O–H groups in total. The van der Waals surface area contributed by atoms with E-state index in [1.165, 1.54) is 6.20 Å². The minimum absolute atomic E-state index is 0.125. The largest absolute Gasteiger partial charge is 0.390 e. The maximum atomic E-state index is 11.8. The lowest BCUT2D eigenvalue weighted by Crippen LogP contribution is -2.27. The van der Waals surface area contributed by atoms with Crippen LogP contribution in [-0.4, -0.2) is 19.0 Å². The molecule has 1 aromatic rings. The van der Waals surface area contributed by atoms with Gasteiger partial charge in [-0.1, -0.05) is 50.1 Å². The molecule has 0 radical (unpaired) electrons. The second-order valence-electron chi connectivity index (χ2n) is 4.82. The van der Waals surface area contributed by atoms with Gasteiger partial charge in [0.15, 0.2) is 0 Å². The predicted octanol–water partition coefficient (Wildman–Crippen LogP) is 2.53. The van der Waals surface area contributed by atoms with E-state index in [1.54, 1.807) is 0 Å². The highest BCUT2D eigenvalue weighted by Crippen LogP contribution is 1.99. The minimum Gasteiger partial charge on any atom is -0.390 e. The van der Waals surface area contributed by atoms with Crippen molar-refractivity contribution in [2.75, 3.05) is 13.1 Å². The zero-order valence-electron chi connectivity index (χ0n) is 12.6. The van der Waals surface area contributed by atoms with Crippen molar-refractivity contribution in [1.29, 1.82) is 5.26 Å². The summed E-state index contributed by atoms with van der Waals surface area (Å²) in [5, 5.41) is 14.8. The Labute approximate surface area is 126 Å². The topological polar surface area (TPSA) is 64.9 Å². The smallest absolute Gasteiger partial charge is 0.263 e. The first kappa shape index (κ1) is 16.8. The summed E-state index contributed by atoms with van der Waals surface area (Å²) in [7, 11) is 0. The molecular formula is C17H23N3O. The number of carbonyl (C=O) groups is 1. The summed E-state index contributed by atoms with van der Waals surface area (Å²) in [4.78, 5) is 11.8. The summed E-state index contributed by atoms with van der Waals surface area (Å²) in [6.07, 6.45) is 5.60. The fourth-order valence-electron chi connectivity index (χ4n) is 1.86. The van der Waals surface area contributed by atoms with Gasteiger partial charge in [-0.05, 0) is 18.4 Å². The first-order chi connectivity index (χ1) is 10.3.